The minimum Gasteiger partial charge on any atom is -0.480 e. The number of likely N-dealkylation sites (N-methyl/N-ethyl adjacent to an activating group) is 1. The highest BCUT2D eigenvalue weighted by Gasteiger charge is 2.36. The van der Waals surface area contributed by atoms with E-state index in [4.69, 9.17) is 4.74 Å². The summed E-state index contributed by atoms with van der Waals surface area (Å²) >= 11 is 0. The van der Waals surface area contributed by atoms with Gasteiger partial charge in [-0.15, -0.1) is 0 Å². The average Bonchev–Trinajstić information content (AvgIpc) is 3.25. The molecule has 0 fully saturated rings. The number of carboxylic acid groups (broad SMARTS) is 2. The van der Waals surface area contributed by atoms with Crippen LogP contribution in [0.25, 0.3) is 0 Å². The number of nitrogens with zero attached hydrogens (tertiary/aromatic N) is 2. The average molecular weight is 910 g/mol. The second-order valence-corrected chi connectivity index (χ2v) is 17.1. The minimum absolute atomic E-state index is 0.0461. The van der Waals surface area contributed by atoms with Crippen molar-refractivity contribution in [2.75, 3.05) is 14.2 Å². The second kappa shape index (κ2) is 25.9. The third-order valence-electron chi connectivity index (χ3n) is 11.2. The van der Waals surface area contributed by atoms with Gasteiger partial charge in [-0.25, -0.2) is 14.6 Å². The van der Waals surface area contributed by atoms with E-state index >= 15 is 0 Å². The van der Waals surface area contributed by atoms with E-state index in [1.165, 1.54) is 47.7 Å². The fraction of sp³-hybridized carbons (Fsp3) is 0.565. The molecule has 2 rings (SSSR count). The molecular weight excluding hydrogens is 843 g/mol. The van der Waals surface area contributed by atoms with Gasteiger partial charge < -0.3 is 46.4 Å². The van der Waals surface area contributed by atoms with Crippen molar-refractivity contribution < 1.29 is 58.1 Å². The van der Waals surface area contributed by atoms with Gasteiger partial charge in [-0.05, 0) is 52.0 Å². The fourth-order valence-corrected chi connectivity index (χ4v) is 6.80. The summed E-state index contributed by atoms with van der Waals surface area (Å²) in [4.78, 5) is 124. The molecule has 7 N–H and O–H groups in total. The van der Waals surface area contributed by atoms with Crippen molar-refractivity contribution in [3.63, 3.8) is 0 Å². The van der Waals surface area contributed by atoms with E-state index in [-0.39, 0.29) is 24.4 Å². The van der Waals surface area contributed by atoms with Gasteiger partial charge in [0.05, 0.1) is 24.0 Å². The van der Waals surface area contributed by atoms with E-state index in [1.807, 2.05) is 43.3 Å². The molecule has 0 saturated carbocycles. The Morgan fingerprint density at radius 2 is 1.38 bits per heavy atom. The normalized spacial score (nSPS) is 26.7. The van der Waals surface area contributed by atoms with Crippen LogP contribution in [-0.2, 0) is 54.3 Å². The predicted octanol–water partition coefficient (Wildman–Crippen LogP) is 1.94. The third-order valence-corrected chi connectivity index (χ3v) is 11.2. The summed E-state index contributed by atoms with van der Waals surface area (Å²) in [6.07, 6.45) is 4.64. The van der Waals surface area contributed by atoms with Crippen molar-refractivity contribution in [2.24, 2.45) is 28.7 Å². The molecule has 1 aromatic carbocycles. The van der Waals surface area contributed by atoms with Gasteiger partial charge >= 0.3 is 11.9 Å². The molecule has 1 aliphatic heterocycles. The SMILES string of the molecule is COC(Cc1ccccc1)C(C)C=C(C)C=CC1NC(=O)C(C)NC(=O)C(C)C(C(=O)O)NC(=O)C(CC(C)C)NC(=O)C(C)NC(=O)C(C)N(C)C(=O)CCC(C(=O)O)=NC(=O)C1C. The Bertz CT molecular complexity index is 1980. The van der Waals surface area contributed by atoms with Crippen molar-refractivity contribution in [1.29, 1.82) is 0 Å². The van der Waals surface area contributed by atoms with Crippen LogP contribution in [0.3, 0.4) is 0 Å². The van der Waals surface area contributed by atoms with Crippen LogP contribution in [0.15, 0.2) is 59.1 Å². The summed E-state index contributed by atoms with van der Waals surface area (Å²) in [7, 11) is 2.92. The highest BCUT2D eigenvalue weighted by atomic mass is 16.5. The van der Waals surface area contributed by atoms with Gasteiger partial charge in [-0.3, -0.25) is 33.6 Å². The smallest absolute Gasteiger partial charge is 0.350 e. The van der Waals surface area contributed by atoms with E-state index in [1.54, 1.807) is 34.0 Å². The van der Waals surface area contributed by atoms with Gasteiger partial charge in [-0.2, -0.15) is 0 Å². The lowest BCUT2D eigenvalue weighted by atomic mass is 9.94. The molecule has 1 heterocycles. The van der Waals surface area contributed by atoms with Gasteiger partial charge in [0.2, 0.25) is 35.4 Å². The number of hydrogen-bond acceptors (Lipinski definition) is 10. The van der Waals surface area contributed by atoms with Crippen molar-refractivity contribution >= 4 is 59.0 Å². The molecule has 0 bridgehead atoms. The van der Waals surface area contributed by atoms with E-state index in [0.29, 0.717) is 6.42 Å². The Morgan fingerprint density at radius 1 is 0.800 bits per heavy atom. The molecule has 65 heavy (non-hydrogen) atoms. The van der Waals surface area contributed by atoms with Crippen LogP contribution in [0, 0.1) is 23.7 Å². The number of carboxylic acids is 2. The molecule has 0 aliphatic carbocycles. The molecule has 1 aliphatic rings. The number of methoxy groups -OCH3 is 1. The Labute approximate surface area is 380 Å². The lowest BCUT2D eigenvalue weighted by Gasteiger charge is -2.28. The molecular formula is C46H67N7O12. The Hall–Kier alpha value is -6.24. The monoisotopic (exact) mass is 909 g/mol. The fourth-order valence-electron chi connectivity index (χ4n) is 6.80. The van der Waals surface area contributed by atoms with Crippen LogP contribution in [0.4, 0.5) is 0 Å². The molecule has 19 heteroatoms. The zero-order valence-electron chi connectivity index (χ0n) is 39.2. The lowest BCUT2D eigenvalue weighted by molar-refractivity contribution is -0.146. The zero-order chi connectivity index (χ0) is 49.3. The Morgan fingerprint density at radius 3 is 1.94 bits per heavy atom. The summed E-state index contributed by atoms with van der Waals surface area (Å²) in [5, 5.41) is 32.6. The number of ether oxygens (including phenoxy) is 1. The molecule has 7 amide bonds. The first-order valence-electron chi connectivity index (χ1n) is 21.7. The van der Waals surface area contributed by atoms with Crippen LogP contribution in [0.2, 0.25) is 0 Å². The first-order valence-corrected chi connectivity index (χ1v) is 21.7. The van der Waals surface area contributed by atoms with Crippen LogP contribution in [0.1, 0.15) is 87.1 Å². The number of aliphatic carboxylic acids is 2. The maximum atomic E-state index is 13.7. The van der Waals surface area contributed by atoms with Crippen molar-refractivity contribution in [2.45, 2.75) is 130 Å². The summed E-state index contributed by atoms with van der Waals surface area (Å²) < 4.78 is 5.78. The molecule has 358 valence electrons. The van der Waals surface area contributed by atoms with E-state index in [0.717, 1.165) is 16.0 Å². The third kappa shape index (κ3) is 17.3. The molecule has 10 atom stereocenters. The van der Waals surface area contributed by atoms with Crippen LogP contribution >= 0.6 is 0 Å². The van der Waals surface area contributed by atoms with Gasteiger partial charge in [0.15, 0.2) is 0 Å². The number of carbonyl (C=O) groups is 9. The Kier molecular flexibility index (Phi) is 21.9. The van der Waals surface area contributed by atoms with Crippen molar-refractivity contribution in [3.05, 3.63) is 59.7 Å². The number of carbonyl (C=O) groups excluding carboxylic acids is 7. The lowest BCUT2D eigenvalue weighted by Crippen LogP contribution is -2.59. The molecule has 0 spiro atoms. The van der Waals surface area contributed by atoms with Gasteiger partial charge in [-0.1, -0.05) is 88.8 Å². The number of benzene rings is 1. The molecule has 1 aromatic rings. The highest BCUT2D eigenvalue weighted by Crippen LogP contribution is 2.19. The quantitative estimate of drug-likeness (QED) is 0.157. The van der Waals surface area contributed by atoms with E-state index in [2.05, 4.69) is 31.6 Å². The summed E-state index contributed by atoms with van der Waals surface area (Å²) in [5.74, 6) is -12.0. The van der Waals surface area contributed by atoms with E-state index < -0.39 is 120 Å². The number of allylic oxidation sites excluding steroid dienone is 2. The molecule has 19 nitrogen and oxygen atoms in total. The van der Waals surface area contributed by atoms with E-state index in [9.17, 15) is 53.4 Å². The first-order chi connectivity index (χ1) is 30.4. The second-order valence-electron chi connectivity index (χ2n) is 17.1. The van der Waals surface area contributed by atoms with Crippen LogP contribution in [-0.4, -0.2) is 131 Å². The summed E-state index contributed by atoms with van der Waals surface area (Å²) in [6.45, 7) is 14.0. The van der Waals surface area contributed by atoms with Crippen LogP contribution < -0.4 is 26.6 Å². The van der Waals surface area contributed by atoms with Crippen molar-refractivity contribution in [3.8, 4) is 0 Å². The summed E-state index contributed by atoms with van der Waals surface area (Å²) in [6, 6.07) is 1.80. The van der Waals surface area contributed by atoms with Crippen LogP contribution in [0.5, 0.6) is 0 Å². The molecule has 0 saturated heterocycles. The zero-order valence-corrected chi connectivity index (χ0v) is 39.2. The number of nitrogens with one attached hydrogen (secondary N) is 5. The standard InChI is InChI=1S/C46H67N7O12/c1-24(2)21-35-44(60)52-38(46(63)64)28(6)40(56)47-29(7)41(57)49-33(18-17-25(3)22-26(4)36(65-11)23-32-15-13-12-14-16-32)27(5)39(55)50-34(45(61)62)19-20-37(54)53(10)31(9)43(59)48-30(8)42(58)51-35/h12-18,22,24,26-31,33,35-36,38H,19-21,23H2,1-11H3,(H,47,56)(H,48,59)(H,49,57)(H,51,58)(H,52,60)(H,61,62)(H,63,64). The van der Waals surface area contributed by atoms with Gasteiger partial charge in [0.1, 0.15) is 35.9 Å². The number of rotatable bonds is 11. The molecule has 0 radical (unpaired) electrons. The number of hydrogen-bond donors (Lipinski definition) is 7. The summed E-state index contributed by atoms with van der Waals surface area (Å²) in [5.41, 5.74) is 1.15. The molecule has 10 unspecified atom stereocenters. The van der Waals surface area contributed by atoms with Gasteiger partial charge in [0.25, 0.3) is 5.91 Å². The number of amides is 7. The van der Waals surface area contributed by atoms with Gasteiger partial charge in [0, 0.05) is 32.9 Å². The topological polar surface area (TPSA) is 279 Å². The molecule has 0 aromatic heterocycles. The maximum Gasteiger partial charge on any atom is 0.350 e. The maximum absolute atomic E-state index is 13.7. The predicted molar refractivity (Wildman–Crippen MR) is 241 cm³/mol. The van der Waals surface area contributed by atoms with Crippen molar-refractivity contribution in [1.82, 2.24) is 31.5 Å². The number of aliphatic imine (C=N–C) groups is 1. The first kappa shape index (κ1) is 54.9. The highest BCUT2D eigenvalue weighted by molar-refractivity contribution is 6.37. The largest absolute Gasteiger partial charge is 0.480 e. The Balaban J connectivity index is 2.61. The minimum atomic E-state index is -1.82.